The first-order valence-electron chi connectivity index (χ1n) is 8.66. The zero-order chi connectivity index (χ0) is 15.2. The standard InChI is InChI=1S/C18H27N3S/c1-2-18-20-11-13-21(18)12-5-10-19-14-16-8-9-17(22-16)15-6-3-4-7-15/h8-9,11,13,15,19H,2-7,10,12,14H2,1H3. The first-order valence-corrected chi connectivity index (χ1v) is 9.48. The molecule has 1 aliphatic rings. The van der Waals surface area contributed by atoms with Crippen LogP contribution in [0.2, 0.25) is 0 Å². The smallest absolute Gasteiger partial charge is 0.108 e. The van der Waals surface area contributed by atoms with Crippen molar-refractivity contribution in [3.05, 3.63) is 40.1 Å². The lowest BCUT2D eigenvalue weighted by Crippen LogP contribution is -2.16. The lowest BCUT2D eigenvalue weighted by atomic mass is 10.1. The summed E-state index contributed by atoms with van der Waals surface area (Å²) in [5, 5.41) is 3.58. The third-order valence-electron chi connectivity index (χ3n) is 4.61. The van der Waals surface area contributed by atoms with Crippen LogP contribution >= 0.6 is 11.3 Å². The van der Waals surface area contributed by atoms with Crippen molar-refractivity contribution in [2.24, 2.45) is 0 Å². The number of thiophene rings is 1. The molecular weight excluding hydrogens is 290 g/mol. The number of aromatic nitrogens is 2. The Hall–Kier alpha value is -1.13. The van der Waals surface area contributed by atoms with Crippen LogP contribution < -0.4 is 5.32 Å². The van der Waals surface area contributed by atoms with Gasteiger partial charge in [-0.15, -0.1) is 11.3 Å². The fourth-order valence-electron chi connectivity index (χ4n) is 3.36. The summed E-state index contributed by atoms with van der Waals surface area (Å²) < 4.78 is 2.27. The molecule has 3 nitrogen and oxygen atoms in total. The summed E-state index contributed by atoms with van der Waals surface area (Å²) in [6, 6.07) is 4.67. The average molecular weight is 318 g/mol. The van der Waals surface area contributed by atoms with E-state index in [0.717, 1.165) is 38.4 Å². The molecule has 2 aromatic rings. The maximum absolute atomic E-state index is 4.37. The van der Waals surface area contributed by atoms with E-state index in [1.54, 1.807) is 4.88 Å². The molecule has 3 rings (SSSR count). The van der Waals surface area contributed by atoms with Crippen molar-refractivity contribution in [2.45, 2.75) is 64.5 Å². The van der Waals surface area contributed by atoms with Crippen molar-refractivity contribution in [3.8, 4) is 0 Å². The summed E-state index contributed by atoms with van der Waals surface area (Å²) in [4.78, 5) is 7.46. The Morgan fingerprint density at radius 1 is 1.32 bits per heavy atom. The number of hydrogen-bond acceptors (Lipinski definition) is 3. The van der Waals surface area contributed by atoms with Gasteiger partial charge in [0.2, 0.25) is 0 Å². The molecule has 2 aromatic heterocycles. The molecule has 1 N–H and O–H groups in total. The SMILES string of the molecule is CCc1nccn1CCCNCc1ccc(C2CCCC2)s1. The summed E-state index contributed by atoms with van der Waals surface area (Å²) in [6.07, 6.45) is 11.8. The van der Waals surface area contributed by atoms with E-state index in [1.807, 2.05) is 17.5 Å². The molecular formula is C18H27N3S. The van der Waals surface area contributed by atoms with E-state index in [-0.39, 0.29) is 0 Å². The molecule has 120 valence electrons. The van der Waals surface area contributed by atoms with Gasteiger partial charge < -0.3 is 9.88 Å². The Morgan fingerprint density at radius 3 is 3.00 bits per heavy atom. The van der Waals surface area contributed by atoms with Crippen molar-refractivity contribution in [2.75, 3.05) is 6.54 Å². The van der Waals surface area contributed by atoms with Crippen LogP contribution in [-0.4, -0.2) is 16.1 Å². The van der Waals surface area contributed by atoms with E-state index in [1.165, 1.54) is 36.4 Å². The Morgan fingerprint density at radius 2 is 2.18 bits per heavy atom. The Balaban J connectivity index is 1.36. The zero-order valence-electron chi connectivity index (χ0n) is 13.6. The fourth-order valence-corrected chi connectivity index (χ4v) is 4.51. The quantitative estimate of drug-likeness (QED) is 0.734. The van der Waals surface area contributed by atoms with Crippen LogP contribution in [0.4, 0.5) is 0 Å². The van der Waals surface area contributed by atoms with Gasteiger partial charge in [-0.05, 0) is 43.9 Å². The van der Waals surface area contributed by atoms with Crippen molar-refractivity contribution in [3.63, 3.8) is 0 Å². The molecule has 4 heteroatoms. The Bertz CT molecular complexity index is 566. The van der Waals surface area contributed by atoms with Gasteiger partial charge in [-0.3, -0.25) is 0 Å². The molecule has 22 heavy (non-hydrogen) atoms. The first kappa shape index (κ1) is 15.8. The number of aryl methyl sites for hydroxylation is 2. The maximum Gasteiger partial charge on any atom is 0.108 e. The van der Waals surface area contributed by atoms with E-state index in [4.69, 9.17) is 0 Å². The number of rotatable bonds is 8. The Labute approximate surface area is 137 Å². The fraction of sp³-hybridized carbons (Fsp3) is 0.611. The molecule has 2 heterocycles. The van der Waals surface area contributed by atoms with Crippen LogP contribution in [-0.2, 0) is 19.5 Å². The van der Waals surface area contributed by atoms with Crippen molar-refractivity contribution in [1.29, 1.82) is 0 Å². The molecule has 0 atom stereocenters. The van der Waals surface area contributed by atoms with Gasteiger partial charge in [-0.2, -0.15) is 0 Å². The highest BCUT2D eigenvalue weighted by Gasteiger charge is 2.18. The normalized spacial score (nSPS) is 15.7. The first-order chi connectivity index (χ1) is 10.9. The molecule has 0 aliphatic heterocycles. The predicted octanol–water partition coefficient (Wildman–Crippen LogP) is 4.34. The molecule has 0 bridgehead atoms. The molecule has 1 fully saturated rings. The van der Waals surface area contributed by atoms with Crippen LogP contribution in [0.3, 0.4) is 0 Å². The van der Waals surface area contributed by atoms with E-state index in [0.29, 0.717) is 0 Å². The van der Waals surface area contributed by atoms with E-state index in [2.05, 4.69) is 40.1 Å². The van der Waals surface area contributed by atoms with E-state index in [9.17, 15) is 0 Å². The van der Waals surface area contributed by atoms with Gasteiger partial charge >= 0.3 is 0 Å². The number of hydrogen-bond donors (Lipinski definition) is 1. The third kappa shape index (κ3) is 3.99. The van der Waals surface area contributed by atoms with Gasteiger partial charge in [0, 0.05) is 41.7 Å². The van der Waals surface area contributed by atoms with Crippen LogP contribution in [0.25, 0.3) is 0 Å². The summed E-state index contributed by atoms with van der Waals surface area (Å²) in [5.41, 5.74) is 0. The minimum absolute atomic E-state index is 0.854. The van der Waals surface area contributed by atoms with Gasteiger partial charge in [0.05, 0.1) is 0 Å². The predicted molar refractivity (Wildman–Crippen MR) is 93.5 cm³/mol. The molecule has 1 saturated carbocycles. The Kier molecular flexibility index (Phi) is 5.68. The lowest BCUT2D eigenvalue weighted by Gasteiger charge is -2.07. The van der Waals surface area contributed by atoms with Gasteiger partial charge in [-0.1, -0.05) is 19.8 Å². The highest BCUT2D eigenvalue weighted by Crippen LogP contribution is 2.37. The second-order valence-corrected chi connectivity index (χ2v) is 7.41. The number of nitrogens with one attached hydrogen (secondary N) is 1. The van der Waals surface area contributed by atoms with Gasteiger partial charge in [0.15, 0.2) is 0 Å². The molecule has 0 spiro atoms. The lowest BCUT2D eigenvalue weighted by molar-refractivity contribution is 0.568. The minimum atomic E-state index is 0.854. The summed E-state index contributed by atoms with van der Waals surface area (Å²) in [5.74, 6) is 2.05. The highest BCUT2D eigenvalue weighted by molar-refractivity contribution is 7.12. The van der Waals surface area contributed by atoms with Crippen LogP contribution in [0.15, 0.2) is 24.5 Å². The molecule has 0 unspecified atom stereocenters. The van der Waals surface area contributed by atoms with E-state index >= 15 is 0 Å². The van der Waals surface area contributed by atoms with Crippen LogP contribution in [0.1, 0.15) is 60.5 Å². The second kappa shape index (κ2) is 7.93. The average Bonchev–Trinajstić information content (AvgIpc) is 3.27. The second-order valence-electron chi connectivity index (χ2n) is 6.21. The molecule has 0 aromatic carbocycles. The van der Waals surface area contributed by atoms with Crippen LogP contribution in [0, 0.1) is 0 Å². The largest absolute Gasteiger partial charge is 0.335 e. The minimum Gasteiger partial charge on any atom is -0.335 e. The molecule has 0 amide bonds. The monoisotopic (exact) mass is 317 g/mol. The molecule has 1 aliphatic carbocycles. The zero-order valence-corrected chi connectivity index (χ0v) is 14.4. The van der Waals surface area contributed by atoms with E-state index < -0.39 is 0 Å². The molecule has 0 radical (unpaired) electrons. The van der Waals surface area contributed by atoms with Crippen LogP contribution in [0.5, 0.6) is 0 Å². The van der Waals surface area contributed by atoms with Crippen molar-refractivity contribution >= 4 is 11.3 Å². The van der Waals surface area contributed by atoms with Crippen molar-refractivity contribution < 1.29 is 0 Å². The summed E-state index contributed by atoms with van der Waals surface area (Å²) >= 11 is 2.01. The third-order valence-corrected chi connectivity index (χ3v) is 5.86. The summed E-state index contributed by atoms with van der Waals surface area (Å²) in [6.45, 7) is 5.31. The topological polar surface area (TPSA) is 29.9 Å². The van der Waals surface area contributed by atoms with Gasteiger partial charge in [0.1, 0.15) is 5.82 Å². The van der Waals surface area contributed by atoms with Gasteiger partial charge in [-0.25, -0.2) is 4.98 Å². The summed E-state index contributed by atoms with van der Waals surface area (Å²) in [7, 11) is 0. The van der Waals surface area contributed by atoms with Crippen molar-refractivity contribution in [1.82, 2.24) is 14.9 Å². The molecule has 0 saturated heterocycles. The van der Waals surface area contributed by atoms with Gasteiger partial charge in [0.25, 0.3) is 0 Å². The highest BCUT2D eigenvalue weighted by atomic mass is 32.1. The number of nitrogens with zero attached hydrogens (tertiary/aromatic N) is 2. The number of imidazole rings is 1. The maximum atomic E-state index is 4.37.